The van der Waals surface area contributed by atoms with E-state index in [1.807, 2.05) is 31.2 Å². The van der Waals surface area contributed by atoms with E-state index in [2.05, 4.69) is 15.3 Å². The lowest BCUT2D eigenvalue weighted by Gasteiger charge is -2.12. The number of nitrogens with one attached hydrogen (secondary N) is 2. The zero-order valence-corrected chi connectivity index (χ0v) is 11.0. The number of thioether (sulfide) groups is 1. The van der Waals surface area contributed by atoms with Gasteiger partial charge in [-0.05, 0) is 18.7 Å². The van der Waals surface area contributed by atoms with Crippen LogP contribution in [0.5, 0.6) is 0 Å². The summed E-state index contributed by atoms with van der Waals surface area (Å²) in [5.41, 5.74) is 7.25. The van der Waals surface area contributed by atoms with E-state index in [4.69, 9.17) is 5.73 Å². The van der Waals surface area contributed by atoms with Crippen LogP contribution < -0.4 is 11.1 Å². The second kappa shape index (κ2) is 5.88. The number of primary amides is 1. The van der Waals surface area contributed by atoms with Crippen molar-refractivity contribution in [2.45, 2.75) is 18.1 Å². The van der Waals surface area contributed by atoms with Gasteiger partial charge in [0.1, 0.15) is 0 Å². The Morgan fingerprint density at radius 2 is 2.33 bits per heavy atom. The molecule has 1 aromatic heterocycles. The van der Waals surface area contributed by atoms with Gasteiger partial charge in [0.2, 0.25) is 5.91 Å². The van der Waals surface area contributed by atoms with Gasteiger partial charge < -0.3 is 16.0 Å². The summed E-state index contributed by atoms with van der Waals surface area (Å²) in [5, 5.41) is 3.85. The molecule has 2 aromatic rings. The lowest BCUT2D eigenvalue weighted by molar-refractivity contribution is -0.119. The fourth-order valence-electron chi connectivity index (χ4n) is 1.65. The van der Waals surface area contributed by atoms with Gasteiger partial charge in [-0.3, -0.25) is 4.79 Å². The smallest absolute Gasteiger partial charge is 0.235 e. The molecule has 4 N–H and O–H groups in total. The molecule has 0 saturated carbocycles. The van der Waals surface area contributed by atoms with E-state index in [1.165, 1.54) is 11.8 Å². The van der Waals surface area contributed by atoms with Crippen LogP contribution in [0.4, 0.5) is 0 Å². The first-order valence-electron chi connectivity index (χ1n) is 5.81. The number of hydrogen-bond acceptors (Lipinski definition) is 4. The number of rotatable bonds is 6. The van der Waals surface area contributed by atoms with Gasteiger partial charge >= 0.3 is 0 Å². The predicted octanol–water partition coefficient (Wildman–Crippen LogP) is 1.12. The Bertz CT molecular complexity index is 507. The summed E-state index contributed by atoms with van der Waals surface area (Å²) in [6.45, 7) is 2.66. The van der Waals surface area contributed by atoms with E-state index in [9.17, 15) is 4.79 Å². The molecule has 0 radical (unpaired) electrons. The SMILES string of the molecule is CCNC(CSc1nc2ccccc2[nH]1)C(N)=O. The molecule has 2 rings (SSSR count). The van der Waals surface area contributed by atoms with Crippen molar-refractivity contribution in [2.75, 3.05) is 12.3 Å². The van der Waals surface area contributed by atoms with Crippen LogP contribution in [0.15, 0.2) is 29.4 Å². The first kappa shape index (κ1) is 12.9. The van der Waals surface area contributed by atoms with Crippen LogP contribution >= 0.6 is 11.8 Å². The Morgan fingerprint density at radius 3 is 3.00 bits per heavy atom. The van der Waals surface area contributed by atoms with Gasteiger partial charge in [-0.1, -0.05) is 30.8 Å². The lowest BCUT2D eigenvalue weighted by Crippen LogP contribution is -2.43. The summed E-state index contributed by atoms with van der Waals surface area (Å²) in [5.74, 6) is 0.240. The van der Waals surface area contributed by atoms with Gasteiger partial charge in [-0.15, -0.1) is 0 Å². The van der Waals surface area contributed by atoms with Gasteiger partial charge in [-0.2, -0.15) is 0 Å². The minimum absolute atomic E-state index is 0.326. The van der Waals surface area contributed by atoms with E-state index in [0.29, 0.717) is 12.3 Å². The molecule has 6 heteroatoms. The third-order valence-corrected chi connectivity index (χ3v) is 3.52. The van der Waals surface area contributed by atoms with Crippen LogP contribution in [-0.4, -0.2) is 34.2 Å². The number of imidazole rings is 1. The first-order valence-corrected chi connectivity index (χ1v) is 6.79. The Labute approximate surface area is 110 Å². The number of aromatic nitrogens is 2. The topological polar surface area (TPSA) is 83.8 Å². The number of nitrogens with two attached hydrogens (primary N) is 1. The number of fused-ring (bicyclic) bond motifs is 1. The zero-order valence-electron chi connectivity index (χ0n) is 10.1. The number of para-hydroxylation sites is 2. The lowest BCUT2D eigenvalue weighted by atomic mass is 10.3. The maximum atomic E-state index is 11.2. The van der Waals surface area contributed by atoms with E-state index >= 15 is 0 Å². The quantitative estimate of drug-likeness (QED) is 0.683. The second-order valence-corrected chi connectivity index (χ2v) is 4.89. The van der Waals surface area contributed by atoms with Gasteiger partial charge in [0.15, 0.2) is 5.16 Å². The van der Waals surface area contributed by atoms with Crippen LogP contribution in [0.2, 0.25) is 0 Å². The highest BCUT2D eigenvalue weighted by molar-refractivity contribution is 7.99. The van der Waals surface area contributed by atoms with Crippen LogP contribution in [0.3, 0.4) is 0 Å². The van der Waals surface area contributed by atoms with E-state index < -0.39 is 0 Å². The van der Waals surface area contributed by atoms with Gasteiger partial charge in [0, 0.05) is 5.75 Å². The van der Waals surface area contributed by atoms with Crippen molar-refractivity contribution in [2.24, 2.45) is 5.73 Å². The number of benzene rings is 1. The Hall–Kier alpha value is -1.53. The summed E-state index contributed by atoms with van der Waals surface area (Å²) < 4.78 is 0. The van der Waals surface area contributed by atoms with Crippen molar-refractivity contribution in [3.63, 3.8) is 0 Å². The monoisotopic (exact) mass is 264 g/mol. The third-order valence-electron chi connectivity index (χ3n) is 2.55. The average Bonchev–Trinajstić information content (AvgIpc) is 2.76. The summed E-state index contributed by atoms with van der Waals surface area (Å²) in [6, 6.07) is 7.50. The normalized spacial score (nSPS) is 12.7. The van der Waals surface area contributed by atoms with Crippen molar-refractivity contribution in [1.82, 2.24) is 15.3 Å². The summed E-state index contributed by atoms with van der Waals surface area (Å²) in [4.78, 5) is 18.8. The van der Waals surface area contributed by atoms with E-state index in [0.717, 1.165) is 16.2 Å². The zero-order chi connectivity index (χ0) is 13.0. The second-order valence-electron chi connectivity index (χ2n) is 3.88. The summed E-state index contributed by atoms with van der Waals surface area (Å²) >= 11 is 1.49. The molecule has 1 heterocycles. The molecular formula is C12H16N4OS. The van der Waals surface area contributed by atoms with E-state index in [-0.39, 0.29) is 11.9 Å². The molecule has 0 fully saturated rings. The number of aromatic amines is 1. The van der Waals surface area contributed by atoms with Crippen molar-refractivity contribution in [3.05, 3.63) is 24.3 Å². The van der Waals surface area contributed by atoms with Gasteiger partial charge in [-0.25, -0.2) is 4.98 Å². The van der Waals surface area contributed by atoms with Crippen LogP contribution in [0.25, 0.3) is 11.0 Å². The molecule has 0 aliphatic rings. The highest BCUT2D eigenvalue weighted by Gasteiger charge is 2.15. The maximum Gasteiger partial charge on any atom is 0.235 e. The van der Waals surface area contributed by atoms with Gasteiger partial charge in [0.25, 0.3) is 0 Å². The molecule has 0 spiro atoms. The molecule has 5 nitrogen and oxygen atoms in total. The Balaban J connectivity index is 2.02. The first-order chi connectivity index (χ1) is 8.70. The maximum absolute atomic E-state index is 11.2. The van der Waals surface area contributed by atoms with Crippen LogP contribution in [0.1, 0.15) is 6.92 Å². The average molecular weight is 264 g/mol. The van der Waals surface area contributed by atoms with Crippen molar-refractivity contribution in [3.8, 4) is 0 Å². The highest BCUT2D eigenvalue weighted by atomic mass is 32.2. The molecule has 1 unspecified atom stereocenters. The summed E-state index contributed by atoms with van der Waals surface area (Å²) in [7, 11) is 0. The molecule has 1 amide bonds. The minimum Gasteiger partial charge on any atom is -0.368 e. The number of likely N-dealkylation sites (N-methyl/N-ethyl adjacent to an activating group) is 1. The molecule has 0 saturated heterocycles. The summed E-state index contributed by atoms with van der Waals surface area (Å²) in [6.07, 6.45) is 0. The molecule has 96 valence electrons. The van der Waals surface area contributed by atoms with Crippen molar-refractivity contribution < 1.29 is 4.79 Å². The molecule has 1 aromatic carbocycles. The number of H-pyrrole nitrogens is 1. The number of hydrogen-bond donors (Lipinski definition) is 3. The molecule has 0 aliphatic carbocycles. The minimum atomic E-state index is -0.333. The fraction of sp³-hybridized carbons (Fsp3) is 0.333. The third kappa shape index (κ3) is 3.02. The van der Waals surface area contributed by atoms with Crippen LogP contribution in [-0.2, 0) is 4.79 Å². The largest absolute Gasteiger partial charge is 0.368 e. The molecule has 1 atom stereocenters. The molecule has 18 heavy (non-hydrogen) atoms. The molecule has 0 aliphatic heterocycles. The number of carbonyl (C=O) groups is 1. The Morgan fingerprint density at radius 1 is 1.56 bits per heavy atom. The highest BCUT2D eigenvalue weighted by Crippen LogP contribution is 2.19. The van der Waals surface area contributed by atoms with Crippen LogP contribution in [0, 0.1) is 0 Å². The predicted molar refractivity (Wildman–Crippen MR) is 73.5 cm³/mol. The number of carbonyl (C=O) groups excluding carboxylic acids is 1. The number of nitrogens with zero attached hydrogens (tertiary/aromatic N) is 1. The van der Waals surface area contributed by atoms with Crippen molar-refractivity contribution >= 4 is 28.7 Å². The standard InChI is InChI=1S/C12H16N4OS/c1-2-14-10(11(13)17)7-18-12-15-8-5-3-4-6-9(8)16-12/h3-6,10,14H,2,7H2,1H3,(H2,13,17)(H,15,16). The molecular weight excluding hydrogens is 248 g/mol. The van der Waals surface area contributed by atoms with E-state index in [1.54, 1.807) is 0 Å². The fourth-order valence-corrected chi connectivity index (χ4v) is 2.60. The van der Waals surface area contributed by atoms with Gasteiger partial charge in [0.05, 0.1) is 17.1 Å². The van der Waals surface area contributed by atoms with Crippen molar-refractivity contribution in [1.29, 1.82) is 0 Å². The molecule has 0 bridgehead atoms. The Kier molecular flexibility index (Phi) is 4.22. The number of amides is 1.